The third kappa shape index (κ3) is 5.60. The van der Waals surface area contributed by atoms with Crippen LogP contribution < -0.4 is 0 Å². The van der Waals surface area contributed by atoms with Crippen LogP contribution in [0.4, 0.5) is 0 Å². The van der Waals surface area contributed by atoms with Gasteiger partial charge in [-0.3, -0.25) is 4.79 Å². The molecule has 10 atom stereocenters. The Hall–Kier alpha value is -2.18. The molecule has 0 bridgehead atoms. The molecule has 0 heterocycles. The first-order valence-electron chi connectivity index (χ1n) is 18.9. The summed E-state index contributed by atoms with van der Waals surface area (Å²) in [4.78, 5) is 27.1. The van der Waals surface area contributed by atoms with Crippen LogP contribution in [0.5, 0.6) is 0 Å². The second kappa shape index (κ2) is 13.2. The first kappa shape index (κ1) is 35.6. The predicted molar refractivity (Wildman–Crippen MR) is 188 cm³/mol. The quantitative estimate of drug-likeness (QED) is 0.142. The Labute approximate surface area is 290 Å². The van der Waals surface area contributed by atoms with Gasteiger partial charge in [0, 0.05) is 12.5 Å². The molecule has 5 fully saturated rings. The van der Waals surface area contributed by atoms with Gasteiger partial charge in [0.05, 0.1) is 18.6 Å². The average Bonchev–Trinajstić information content (AvgIpc) is 3.45. The van der Waals surface area contributed by atoms with Gasteiger partial charge in [0.25, 0.3) is 0 Å². The maximum atomic E-state index is 14.3. The molecule has 5 saturated carbocycles. The number of carbonyl (C=O) groups is 2. The zero-order chi connectivity index (χ0) is 34.5. The summed E-state index contributed by atoms with van der Waals surface area (Å²) in [6, 6.07) is 10.1. The van der Waals surface area contributed by atoms with Crippen molar-refractivity contribution < 1.29 is 28.5 Å². The SMILES string of the molecule is C=C(C)C1CC[C@]2(C(=O)OCc3ccccc3)CC[C@]3(C)C(CCC4[C@@]5(C)CC[C@H](OC(=O)COCCOC)C(C)(C)C5CC[C@]43C)C12. The lowest BCUT2D eigenvalue weighted by Crippen LogP contribution is -2.67. The van der Waals surface area contributed by atoms with Gasteiger partial charge < -0.3 is 18.9 Å². The average molecular weight is 663 g/mol. The molecule has 1 aromatic rings. The minimum Gasteiger partial charge on any atom is -0.460 e. The summed E-state index contributed by atoms with van der Waals surface area (Å²) in [5, 5.41) is 0. The molecule has 5 aliphatic carbocycles. The Kier molecular flexibility index (Phi) is 9.78. The van der Waals surface area contributed by atoms with E-state index in [0.717, 1.165) is 50.5 Å². The van der Waals surface area contributed by atoms with Crippen molar-refractivity contribution in [3.63, 3.8) is 0 Å². The van der Waals surface area contributed by atoms with E-state index < -0.39 is 5.41 Å². The topological polar surface area (TPSA) is 71.1 Å². The Bertz CT molecular complexity index is 1350. The summed E-state index contributed by atoms with van der Waals surface area (Å²) in [5.41, 5.74) is 2.26. The van der Waals surface area contributed by atoms with Crippen LogP contribution in [-0.2, 0) is 35.1 Å². The molecule has 48 heavy (non-hydrogen) atoms. The van der Waals surface area contributed by atoms with Crippen molar-refractivity contribution in [2.24, 2.45) is 56.7 Å². The summed E-state index contributed by atoms with van der Waals surface area (Å²) < 4.78 is 22.9. The van der Waals surface area contributed by atoms with E-state index in [1.54, 1.807) is 7.11 Å². The molecular formula is C42H62O6. The normalized spacial score (nSPS) is 41.2. The number of hydrogen-bond acceptors (Lipinski definition) is 6. The molecule has 5 unspecified atom stereocenters. The van der Waals surface area contributed by atoms with Crippen LogP contribution in [-0.4, -0.2) is 45.0 Å². The third-order valence-electron chi connectivity index (χ3n) is 15.6. The summed E-state index contributed by atoms with van der Waals surface area (Å²) in [6.45, 7) is 20.4. The molecular weight excluding hydrogens is 600 g/mol. The van der Waals surface area contributed by atoms with Crippen molar-refractivity contribution in [3.8, 4) is 0 Å². The number of methoxy groups -OCH3 is 1. The van der Waals surface area contributed by atoms with Crippen molar-refractivity contribution in [1.29, 1.82) is 0 Å². The highest BCUT2D eigenvalue weighted by molar-refractivity contribution is 5.78. The van der Waals surface area contributed by atoms with E-state index in [4.69, 9.17) is 18.9 Å². The maximum Gasteiger partial charge on any atom is 0.332 e. The second-order valence-electron chi connectivity index (χ2n) is 17.8. The zero-order valence-electron chi connectivity index (χ0n) is 30.9. The van der Waals surface area contributed by atoms with E-state index >= 15 is 0 Å². The van der Waals surface area contributed by atoms with Gasteiger partial charge >= 0.3 is 11.9 Å². The van der Waals surface area contributed by atoms with E-state index in [0.29, 0.717) is 43.5 Å². The molecule has 6 nitrogen and oxygen atoms in total. The number of carbonyl (C=O) groups excluding carboxylic acids is 2. The molecule has 0 aromatic heterocycles. The van der Waals surface area contributed by atoms with E-state index in [1.165, 1.54) is 24.8 Å². The van der Waals surface area contributed by atoms with Crippen molar-refractivity contribution in [2.75, 3.05) is 26.9 Å². The van der Waals surface area contributed by atoms with Crippen LogP contribution in [0.1, 0.15) is 111 Å². The number of ether oxygens (including phenoxy) is 4. The van der Waals surface area contributed by atoms with Gasteiger partial charge in [-0.15, -0.1) is 0 Å². The monoisotopic (exact) mass is 662 g/mol. The highest BCUT2D eigenvalue weighted by Crippen LogP contribution is 2.77. The Morgan fingerprint density at radius 2 is 1.58 bits per heavy atom. The zero-order valence-corrected chi connectivity index (χ0v) is 30.9. The molecule has 6 heteroatoms. The van der Waals surface area contributed by atoms with Crippen molar-refractivity contribution in [1.82, 2.24) is 0 Å². The first-order chi connectivity index (χ1) is 22.7. The lowest BCUT2D eigenvalue weighted by molar-refractivity contribution is -0.251. The second-order valence-corrected chi connectivity index (χ2v) is 17.8. The van der Waals surface area contributed by atoms with Crippen molar-refractivity contribution in [2.45, 2.75) is 118 Å². The summed E-state index contributed by atoms with van der Waals surface area (Å²) in [6.07, 6.45) is 10.5. The van der Waals surface area contributed by atoms with Crippen molar-refractivity contribution >= 4 is 11.9 Å². The molecule has 1 aromatic carbocycles. The Balaban J connectivity index is 1.23. The first-order valence-corrected chi connectivity index (χ1v) is 18.9. The highest BCUT2D eigenvalue weighted by atomic mass is 16.6. The minimum absolute atomic E-state index is 0.0219. The minimum atomic E-state index is -0.413. The molecule has 0 aliphatic heterocycles. The van der Waals surface area contributed by atoms with Crippen LogP contribution >= 0.6 is 0 Å². The van der Waals surface area contributed by atoms with E-state index in [9.17, 15) is 9.59 Å². The Morgan fingerprint density at radius 1 is 0.833 bits per heavy atom. The van der Waals surface area contributed by atoms with Gasteiger partial charge in [-0.2, -0.15) is 0 Å². The molecule has 0 spiro atoms. The van der Waals surface area contributed by atoms with E-state index in [-0.39, 0.29) is 52.2 Å². The smallest absolute Gasteiger partial charge is 0.332 e. The number of rotatable bonds is 10. The fourth-order valence-electron chi connectivity index (χ4n) is 13.0. The number of fused-ring (bicyclic) bond motifs is 7. The van der Waals surface area contributed by atoms with Gasteiger partial charge in [-0.1, -0.05) is 77.1 Å². The number of hydrogen-bond donors (Lipinski definition) is 0. The number of esters is 2. The molecule has 6 rings (SSSR count). The summed E-state index contributed by atoms with van der Waals surface area (Å²) in [5.74, 6) is 1.98. The molecule has 0 N–H and O–H groups in total. The van der Waals surface area contributed by atoms with Gasteiger partial charge in [-0.05, 0) is 123 Å². The van der Waals surface area contributed by atoms with Crippen LogP contribution in [0.15, 0.2) is 42.5 Å². The molecule has 5 aliphatic rings. The summed E-state index contributed by atoms with van der Waals surface area (Å²) >= 11 is 0. The predicted octanol–water partition coefficient (Wildman–Crippen LogP) is 8.96. The fourth-order valence-corrected chi connectivity index (χ4v) is 13.0. The largest absolute Gasteiger partial charge is 0.460 e. The molecule has 0 saturated heterocycles. The van der Waals surface area contributed by atoms with Crippen LogP contribution in [0.25, 0.3) is 0 Å². The lowest BCUT2D eigenvalue weighted by atomic mass is 9.32. The van der Waals surface area contributed by atoms with Gasteiger partial charge in [0.2, 0.25) is 0 Å². The Morgan fingerprint density at radius 3 is 2.29 bits per heavy atom. The summed E-state index contributed by atoms with van der Waals surface area (Å²) in [7, 11) is 1.63. The van der Waals surface area contributed by atoms with Gasteiger partial charge in [-0.25, -0.2) is 4.79 Å². The fraction of sp³-hybridized carbons (Fsp3) is 0.762. The van der Waals surface area contributed by atoms with Crippen molar-refractivity contribution in [3.05, 3.63) is 48.0 Å². The van der Waals surface area contributed by atoms with Gasteiger partial charge in [0.1, 0.15) is 19.3 Å². The standard InChI is InChI=1S/C42H62O6/c1-28(2)30-16-21-42(37(44)47-26-29-12-10-9-11-13-29)23-22-40(6)31(36(30)42)14-15-33-39(5)19-18-34(48-35(43)27-46-25-24-45-8)38(3,4)32(39)17-20-41(33,40)7/h9-13,30-34,36H,1,14-27H2,2-8H3/t30?,31?,32?,33?,34-,36?,39-,40+,41+,42-/m0/s1. The molecule has 266 valence electrons. The highest BCUT2D eigenvalue weighted by Gasteiger charge is 2.72. The van der Waals surface area contributed by atoms with E-state index in [1.807, 2.05) is 30.3 Å². The number of allylic oxidation sites excluding steroid dienone is 1. The van der Waals surface area contributed by atoms with Crippen LogP contribution in [0, 0.1) is 56.7 Å². The maximum absolute atomic E-state index is 14.3. The van der Waals surface area contributed by atoms with E-state index in [2.05, 4.69) is 48.1 Å². The third-order valence-corrected chi connectivity index (χ3v) is 15.6. The lowest BCUT2D eigenvalue weighted by Gasteiger charge is -2.72. The molecule has 0 amide bonds. The molecule has 0 radical (unpaired) electrons. The van der Waals surface area contributed by atoms with Crippen LogP contribution in [0.2, 0.25) is 0 Å². The van der Waals surface area contributed by atoms with Crippen LogP contribution in [0.3, 0.4) is 0 Å². The number of benzene rings is 1. The van der Waals surface area contributed by atoms with Gasteiger partial charge in [0.15, 0.2) is 0 Å².